The van der Waals surface area contributed by atoms with Crippen LogP contribution in [0.5, 0.6) is 0 Å². The van der Waals surface area contributed by atoms with Gasteiger partial charge in [-0.15, -0.1) is 0 Å². The number of nitrogens with zero attached hydrogens (tertiary/aromatic N) is 2. The van der Waals surface area contributed by atoms with Crippen molar-refractivity contribution in [3.63, 3.8) is 0 Å². The van der Waals surface area contributed by atoms with Crippen LogP contribution in [0.3, 0.4) is 0 Å². The highest BCUT2D eigenvalue weighted by atomic mass is 32.2. The summed E-state index contributed by atoms with van der Waals surface area (Å²) in [6, 6.07) is 18.4. The van der Waals surface area contributed by atoms with E-state index >= 15 is 0 Å². The Morgan fingerprint density at radius 2 is 1.81 bits per heavy atom. The molecule has 5 rings (SSSR count). The summed E-state index contributed by atoms with van der Waals surface area (Å²) < 4.78 is 40.6. The zero-order chi connectivity index (χ0) is 33.7. The molecule has 0 aliphatic carbocycles. The first-order valence-corrected chi connectivity index (χ1v) is 15.9. The lowest BCUT2D eigenvalue weighted by Gasteiger charge is -2.12. The van der Waals surface area contributed by atoms with Gasteiger partial charge in [-0.3, -0.25) is 9.98 Å². The van der Waals surface area contributed by atoms with E-state index in [1.807, 2.05) is 24.3 Å². The lowest BCUT2D eigenvalue weighted by molar-refractivity contribution is -0.275. The topological polar surface area (TPSA) is 172 Å². The summed E-state index contributed by atoms with van der Waals surface area (Å²) in [4.78, 5) is 46.4. The molecule has 13 nitrogen and oxygen atoms in total. The van der Waals surface area contributed by atoms with Crippen LogP contribution in [0.1, 0.15) is 47.8 Å². The Morgan fingerprint density at radius 1 is 1.06 bits per heavy atom. The summed E-state index contributed by atoms with van der Waals surface area (Å²) in [5.41, 5.74) is 2.58. The van der Waals surface area contributed by atoms with Crippen molar-refractivity contribution in [2.75, 3.05) is 18.4 Å². The number of oxime groups is 1. The summed E-state index contributed by atoms with van der Waals surface area (Å²) in [5.74, 6) is -1.82. The minimum atomic E-state index is -4.10. The van der Waals surface area contributed by atoms with Crippen molar-refractivity contribution in [2.24, 2.45) is 5.16 Å². The molecule has 244 valence electrons. The lowest BCUT2D eigenvalue weighted by Crippen LogP contribution is -2.16. The minimum Gasteiger partial charge on any atom is -0.467 e. The van der Waals surface area contributed by atoms with Gasteiger partial charge in [0.25, 0.3) is 10.0 Å². The number of carbonyl (C=O) groups excluding carboxylic acids is 3. The third-order valence-electron chi connectivity index (χ3n) is 7.45. The Labute approximate surface area is 270 Å². The summed E-state index contributed by atoms with van der Waals surface area (Å²) in [6.45, 7) is 3.28. The molecule has 2 unspecified atom stereocenters. The van der Waals surface area contributed by atoms with E-state index in [1.54, 1.807) is 42.8 Å². The molecule has 47 heavy (non-hydrogen) atoms. The van der Waals surface area contributed by atoms with E-state index in [1.165, 1.54) is 43.5 Å². The van der Waals surface area contributed by atoms with Gasteiger partial charge in [-0.1, -0.05) is 41.6 Å². The highest BCUT2D eigenvalue weighted by Gasteiger charge is 2.28. The van der Waals surface area contributed by atoms with Crippen LogP contribution in [0, 0.1) is 0 Å². The number of esters is 2. The van der Waals surface area contributed by atoms with E-state index in [-0.39, 0.29) is 40.5 Å². The van der Waals surface area contributed by atoms with Gasteiger partial charge in [-0.2, -0.15) is 0 Å². The van der Waals surface area contributed by atoms with Crippen LogP contribution in [0.2, 0.25) is 0 Å². The van der Waals surface area contributed by atoms with Crippen molar-refractivity contribution < 1.29 is 47.3 Å². The first kappa shape index (κ1) is 33.1. The quantitative estimate of drug-likeness (QED) is 0.0696. The number of para-hydroxylation sites is 1. The van der Waals surface area contributed by atoms with E-state index in [0.29, 0.717) is 11.1 Å². The number of hydrogen-bond donors (Lipinski definition) is 2. The molecule has 1 aliphatic rings. The highest BCUT2D eigenvalue weighted by Crippen LogP contribution is 2.30. The molecule has 0 spiro atoms. The molecule has 3 aromatic carbocycles. The van der Waals surface area contributed by atoms with E-state index in [9.17, 15) is 22.8 Å². The van der Waals surface area contributed by atoms with Crippen LogP contribution in [-0.2, 0) is 38.8 Å². The fourth-order valence-corrected chi connectivity index (χ4v) is 5.98. The Bertz CT molecular complexity index is 2000. The van der Waals surface area contributed by atoms with Gasteiger partial charge in [0.15, 0.2) is 0 Å². The zero-order valence-electron chi connectivity index (χ0n) is 25.6. The summed E-state index contributed by atoms with van der Waals surface area (Å²) >= 11 is 0. The van der Waals surface area contributed by atoms with Crippen molar-refractivity contribution >= 4 is 56.3 Å². The Balaban J connectivity index is 1.34. The smallest absolute Gasteiger partial charge is 0.368 e. The average Bonchev–Trinajstić information content (AvgIpc) is 3.64. The number of benzene rings is 3. The Morgan fingerprint density at radius 3 is 2.53 bits per heavy atom. The molecule has 0 radical (unpaired) electrons. The zero-order valence-corrected chi connectivity index (χ0v) is 26.4. The predicted molar refractivity (Wildman–Crippen MR) is 171 cm³/mol. The van der Waals surface area contributed by atoms with Gasteiger partial charge in [-0.05, 0) is 56.3 Å². The van der Waals surface area contributed by atoms with E-state index in [0.717, 1.165) is 10.9 Å². The van der Waals surface area contributed by atoms with Gasteiger partial charge in [0.05, 0.1) is 35.9 Å². The maximum atomic E-state index is 13.1. The number of hydrogen-bond acceptors (Lipinski definition) is 11. The second-order valence-electron chi connectivity index (χ2n) is 10.6. The minimum absolute atomic E-state index is 0.0289. The largest absolute Gasteiger partial charge is 0.467 e. The molecule has 0 fully saturated rings. The highest BCUT2D eigenvalue weighted by molar-refractivity contribution is 7.92. The second-order valence-corrected chi connectivity index (χ2v) is 12.3. The molecule has 2 atom stereocenters. The molecule has 0 saturated carbocycles. The second kappa shape index (κ2) is 14.0. The number of fused-ring (bicyclic) bond motifs is 1. The van der Waals surface area contributed by atoms with Gasteiger partial charge in [0.2, 0.25) is 0 Å². The van der Waals surface area contributed by atoms with Crippen LogP contribution in [0.4, 0.5) is 5.69 Å². The standard InChI is InChI=1S/C33H31N3O10S/c1-20(46-40)15-16-44-32(38)23-7-6-8-26(17-23)47(41,42)35-25-13-11-22(12-14-25)30-28(33(39)45-34-30)18-24-19-36(21(2)31(37)43-3)29-10-5-4-9-27(24)29/h4-14,17-21,35,40H,15-16H2,1-3H3/b28-18-. The molecule has 1 aliphatic heterocycles. The third-order valence-corrected chi connectivity index (χ3v) is 8.83. The van der Waals surface area contributed by atoms with Gasteiger partial charge in [0, 0.05) is 40.3 Å². The molecular formula is C33H31N3O10S. The SMILES string of the molecule is COC(=O)C(C)n1cc(/C=C2\C(=O)ON=C2c2ccc(NS(=O)(=O)c3cccc(C(=O)OCCC(C)OO)c3)cc2)c2ccccc21. The fraction of sp³-hybridized carbons (Fsp3) is 0.212. The number of carbonyl (C=O) groups is 3. The van der Waals surface area contributed by atoms with Crippen LogP contribution >= 0.6 is 0 Å². The van der Waals surface area contributed by atoms with Crippen molar-refractivity contribution in [3.8, 4) is 0 Å². The monoisotopic (exact) mass is 661 g/mol. The molecule has 0 bridgehead atoms. The van der Waals surface area contributed by atoms with Crippen LogP contribution in [0.25, 0.3) is 17.0 Å². The van der Waals surface area contributed by atoms with Gasteiger partial charge in [-0.25, -0.2) is 27.7 Å². The van der Waals surface area contributed by atoms with Crippen molar-refractivity contribution in [3.05, 3.63) is 101 Å². The fourth-order valence-electron chi connectivity index (χ4n) is 4.88. The van der Waals surface area contributed by atoms with Gasteiger partial charge < -0.3 is 18.9 Å². The molecule has 2 N–H and O–H groups in total. The number of methoxy groups -OCH3 is 1. The lowest BCUT2D eigenvalue weighted by atomic mass is 10.0. The van der Waals surface area contributed by atoms with Crippen molar-refractivity contribution in [1.29, 1.82) is 0 Å². The molecule has 4 aromatic rings. The number of anilines is 1. The van der Waals surface area contributed by atoms with E-state index < -0.39 is 40.1 Å². The first-order valence-electron chi connectivity index (χ1n) is 14.4. The van der Waals surface area contributed by atoms with Crippen molar-refractivity contribution in [1.82, 2.24) is 4.57 Å². The van der Waals surface area contributed by atoms with E-state index in [2.05, 4.69) is 14.8 Å². The average molecular weight is 662 g/mol. The molecule has 1 aromatic heterocycles. The number of rotatable bonds is 12. The third kappa shape index (κ3) is 7.25. The van der Waals surface area contributed by atoms with Crippen LogP contribution in [-0.4, -0.2) is 61.7 Å². The number of ether oxygens (including phenoxy) is 2. The van der Waals surface area contributed by atoms with Crippen LogP contribution < -0.4 is 4.72 Å². The maximum Gasteiger partial charge on any atom is 0.368 e. The summed E-state index contributed by atoms with van der Waals surface area (Å²) in [7, 11) is -2.78. The van der Waals surface area contributed by atoms with Crippen molar-refractivity contribution in [2.45, 2.75) is 37.3 Å². The van der Waals surface area contributed by atoms with Gasteiger partial charge in [0.1, 0.15) is 11.8 Å². The summed E-state index contributed by atoms with van der Waals surface area (Å²) in [5, 5.41) is 13.4. The molecule has 2 heterocycles. The van der Waals surface area contributed by atoms with Crippen LogP contribution in [0.15, 0.2) is 94.6 Å². The molecule has 0 amide bonds. The molecule has 14 heteroatoms. The first-order chi connectivity index (χ1) is 22.5. The van der Waals surface area contributed by atoms with E-state index in [4.69, 9.17) is 19.6 Å². The maximum absolute atomic E-state index is 13.1. The molecular weight excluding hydrogens is 630 g/mol. The molecule has 0 saturated heterocycles. The predicted octanol–water partition coefficient (Wildman–Crippen LogP) is 4.95. The normalized spacial score (nSPS) is 15.2. The Kier molecular flexibility index (Phi) is 9.84. The Hall–Kier alpha value is -5.31. The number of aromatic nitrogens is 1. The summed E-state index contributed by atoms with van der Waals surface area (Å²) in [6.07, 6.45) is 3.11. The number of sulfonamides is 1. The number of nitrogens with one attached hydrogen (secondary N) is 1. The van der Waals surface area contributed by atoms with Gasteiger partial charge >= 0.3 is 17.9 Å².